The third-order valence-corrected chi connectivity index (χ3v) is 5.26. The summed E-state index contributed by atoms with van der Waals surface area (Å²) in [6.07, 6.45) is 0.627. The van der Waals surface area contributed by atoms with Crippen molar-refractivity contribution in [2.24, 2.45) is 0 Å². The molecule has 0 saturated carbocycles. The predicted octanol–water partition coefficient (Wildman–Crippen LogP) is 3.29. The molecule has 2 heterocycles. The lowest BCUT2D eigenvalue weighted by Crippen LogP contribution is -2.52. The van der Waals surface area contributed by atoms with Crippen molar-refractivity contribution in [1.82, 2.24) is 9.36 Å². The summed E-state index contributed by atoms with van der Waals surface area (Å²) in [4.78, 5) is 12.8. The molecule has 0 saturated heterocycles. The van der Waals surface area contributed by atoms with E-state index in [0.717, 1.165) is 5.69 Å². The molecule has 0 fully saturated rings. The molecule has 28 heavy (non-hydrogen) atoms. The normalized spacial score (nSPS) is 20.1. The lowest BCUT2D eigenvalue weighted by atomic mass is 9.86. The molecule has 0 aliphatic carbocycles. The van der Waals surface area contributed by atoms with Crippen LogP contribution in [-0.4, -0.2) is 26.2 Å². The Morgan fingerprint density at radius 1 is 1.18 bits per heavy atom. The first-order valence-electron chi connectivity index (χ1n) is 8.79. The van der Waals surface area contributed by atoms with E-state index in [1.54, 1.807) is 67.2 Å². The number of aliphatic hydroxyl groups excluding tert-OH is 1. The molecule has 3 aromatic rings. The molecule has 1 aromatic heterocycles. The molecule has 0 radical (unpaired) electrons. The summed E-state index contributed by atoms with van der Waals surface area (Å²) in [5.41, 5.74) is 0.533. The Hall–Kier alpha value is -3.01. The van der Waals surface area contributed by atoms with Crippen molar-refractivity contribution in [3.8, 4) is 17.5 Å². The summed E-state index contributed by atoms with van der Waals surface area (Å²) in [6, 6.07) is 14.9. The van der Waals surface area contributed by atoms with Gasteiger partial charge in [-0.2, -0.15) is 5.26 Å². The fraction of sp³-hybridized carbons (Fsp3) is 0.238. The first-order valence-corrected chi connectivity index (χ1v) is 9.17. The van der Waals surface area contributed by atoms with Crippen LogP contribution in [0.4, 0.5) is 0 Å². The van der Waals surface area contributed by atoms with Crippen LogP contribution in [0.5, 0.6) is 5.75 Å². The van der Waals surface area contributed by atoms with Crippen LogP contribution in [0, 0.1) is 11.3 Å². The zero-order valence-corrected chi connectivity index (χ0v) is 16.1. The number of hydrogen-bond acceptors (Lipinski definition) is 4. The lowest BCUT2D eigenvalue weighted by molar-refractivity contribution is -0.0675. The number of ether oxygens (including phenoxy) is 1. The summed E-state index contributed by atoms with van der Waals surface area (Å²) in [7, 11) is 0. The number of benzene rings is 2. The van der Waals surface area contributed by atoms with Gasteiger partial charge in [-0.15, -0.1) is 0 Å². The van der Waals surface area contributed by atoms with Crippen LogP contribution in [0.25, 0.3) is 5.69 Å². The molecule has 2 aromatic carbocycles. The highest BCUT2D eigenvalue weighted by atomic mass is 35.5. The van der Waals surface area contributed by atoms with Gasteiger partial charge in [0.1, 0.15) is 23.5 Å². The van der Waals surface area contributed by atoms with E-state index in [1.165, 1.54) is 10.7 Å². The highest BCUT2D eigenvalue weighted by Crippen LogP contribution is 2.42. The smallest absolute Gasteiger partial charge is 0.267 e. The second-order valence-electron chi connectivity index (χ2n) is 7.28. The quantitative estimate of drug-likeness (QED) is 0.722. The fourth-order valence-electron chi connectivity index (χ4n) is 3.57. The van der Waals surface area contributed by atoms with Crippen molar-refractivity contribution < 1.29 is 9.84 Å². The number of hydrogen-bond donors (Lipinski definition) is 1. The van der Waals surface area contributed by atoms with Crippen molar-refractivity contribution in [1.29, 1.82) is 5.26 Å². The van der Waals surface area contributed by atoms with E-state index in [-0.39, 0.29) is 5.56 Å². The van der Waals surface area contributed by atoms with Gasteiger partial charge in [0.2, 0.25) is 0 Å². The largest absolute Gasteiger partial charge is 0.485 e. The highest BCUT2D eigenvalue weighted by molar-refractivity contribution is 6.30. The van der Waals surface area contributed by atoms with Gasteiger partial charge in [-0.3, -0.25) is 9.48 Å². The zero-order valence-electron chi connectivity index (χ0n) is 15.3. The highest BCUT2D eigenvalue weighted by Gasteiger charge is 2.45. The molecular formula is C21H18ClN3O3. The summed E-state index contributed by atoms with van der Waals surface area (Å²) in [6.45, 7) is 3.54. The maximum atomic E-state index is 12.8. The number of nitriles is 1. The molecule has 2 atom stereocenters. The monoisotopic (exact) mass is 395 g/mol. The van der Waals surface area contributed by atoms with Crippen molar-refractivity contribution in [2.45, 2.75) is 31.6 Å². The van der Waals surface area contributed by atoms with Gasteiger partial charge in [-0.1, -0.05) is 11.6 Å². The Balaban J connectivity index is 1.97. The molecule has 142 valence electrons. The van der Waals surface area contributed by atoms with Crippen LogP contribution in [0.2, 0.25) is 5.02 Å². The van der Waals surface area contributed by atoms with Gasteiger partial charge in [0.15, 0.2) is 0 Å². The summed E-state index contributed by atoms with van der Waals surface area (Å²) in [5, 5.41) is 21.0. The van der Waals surface area contributed by atoms with Crippen LogP contribution in [0.1, 0.15) is 31.0 Å². The number of rotatable bonds is 2. The summed E-state index contributed by atoms with van der Waals surface area (Å²) in [5.74, 6) is 0.537. The van der Waals surface area contributed by atoms with Crippen molar-refractivity contribution in [2.75, 3.05) is 0 Å². The summed E-state index contributed by atoms with van der Waals surface area (Å²) < 4.78 is 9.12. The molecule has 6 nitrogen and oxygen atoms in total. The van der Waals surface area contributed by atoms with E-state index in [9.17, 15) is 15.2 Å². The van der Waals surface area contributed by atoms with Gasteiger partial charge in [0.05, 0.1) is 17.3 Å². The first kappa shape index (κ1) is 18.4. The molecule has 7 heteroatoms. The van der Waals surface area contributed by atoms with Crippen LogP contribution >= 0.6 is 11.6 Å². The number of fused-ring (bicyclic) bond motifs is 1. The third kappa shape index (κ3) is 2.89. The van der Waals surface area contributed by atoms with Gasteiger partial charge >= 0.3 is 0 Å². The van der Waals surface area contributed by atoms with Gasteiger partial charge in [-0.25, -0.2) is 4.68 Å². The topological polar surface area (TPSA) is 80.2 Å². The lowest BCUT2D eigenvalue weighted by Gasteiger charge is -2.42. The Bertz CT molecular complexity index is 1140. The predicted molar refractivity (Wildman–Crippen MR) is 105 cm³/mol. The van der Waals surface area contributed by atoms with E-state index < -0.39 is 17.7 Å². The van der Waals surface area contributed by atoms with Crippen LogP contribution in [-0.2, 0) is 0 Å². The maximum Gasteiger partial charge on any atom is 0.267 e. The number of nitrogens with zero attached hydrogens (tertiary/aromatic N) is 3. The fourth-order valence-corrected chi connectivity index (χ4v) is 3.69. The SMILES string of the molecule is CC1(C)Oc2ccc(C#N)cc2[C@@H](n2c(=O)ccn2-c2ccc(Cl)cc2)[C@@H]1O. The minimum atomic E-state index is -1.02. The van der Waals surface area contributed by atoms with Crippen molar-refractivity contribution in [3.63, 3.8) is 0 Å². The number of aromatic nitrogens is 2. The maximum absolute atomic E-state index is 12.8. The second kappa shape index (κ2) is 6.55. The molecule has 0 amide bonds. The molecule has 0 unspecified atom stereocenters. The average molecular weight is 396 g/mol. The number of halogens is 1. The van der Waals surface area contributed by atoms with E-state index in [4.69, 9.17) is 16.3 Å². The Kier molecular flexibility index (Phi) is 4.30. The molecular weight excluding hydrogens is 378 g/mol. The molecule has 0 spiro atoms. The molecule has 4 rings (SSSR count). The number of aliphatic hydroxyl groups is 1. The molecule has 0 bridgehead atoms. The zero-order chi connectivity index (χ0) is 20.1. The Labute approximate surface area is 166 Å². The van der Waals surface area contributed by atoms with E-state index >= 15 is 0 Å². The Morgan fingerprint density at radius 3 is 2.57 bits per heavy atom. The van der Waals surface area contributed by atoms with E-state index in [2.05, 4.69) is 6.07 Å². The van der Waals surface area contributed by atoms with Crippen LogP contribution in [0.15, 0.2) is 59.5 Å². The van der Waals surface area contributed by atoms with Crippen LogP contribution < -0.4 is 10.3 Å². The average Bonchev–Trinajstić information content (AvgIpc) is 3.04. The van der Waals surface area contributed by atoms with Crippen molar-refractivity contribution in [3.05, 3.63) is 81.2 Å². The standard InChI is InChI=1S/C21H18ClN3O3/c1-21(2)20(27)19(16-11-13(12-23)3-8-17(16)28-21)25-18(26)9-10-24(25)15-6-4-14(22)5-7-15/h3-11,19-20,27H,1-2H3/t19-,20+/m1/s1. The van der Waals surface area contributed by atoms with E-state index in [0.29, 0.717) is 21.9 Å². The molecule has 1 aliphatic rings. The van der Waals surface area contributed by atoms with Gasteiger partial charge in [0.25, 0.3) is 5.56 Å². The van der Waals surface area contributed by atoms with E-state index in [1.807, 2.05) is 0 Å². The van der Waals surface area contributed by atoms with Gasteiger partial charge in [-0.05, 0) is 56.3 Å². The summed E-state index contributed by atoms with van der Waals surface area (Å²) >= 11 is 5.99. The minimum Gasteiger partial charge on any atom is -0.485 e. The minimum absolute atomic E-state index is 0.273. The first-order chi connectivity index (χ1) is 13.3. The second-order valence-corrected chi connectivity index (χ2v) is 7.72. The molecule has 1 aliphatic heterocycles. The Morgan fingerprint density at radius 2 is 1.89 bits per heavy atom. The third-order valence-electron chi connectivity index (χ3n) is 5.01. The van der Waals surface area contributed by atoms with Gasteiger partial charge < -0.3 is 9.84 Å². The molecule has 1 N–H and O–H groups in total. The van der Waals surface area contributed by atoms with Crippen molar-refractivity contribution >= 4 is 11.6 Å². The van der Waals surface area contributed by atoms with Crippen LogP contribution in [0.3, 0.4) is 0 Å². The van der Waals surface area contributed by atoms with Gasteiger partial charge in [0, 0.05) is 22.8 Å².